The van der Waals surface area contributed by atoms with Gasteiger partial charge in [0.15, 0.2) is 23.0 Å². The number of ether oxygens (including phenoxy) is 4. The smallest absolute Gasteiger partial charge is 0.247 e. The number of nitrogens with zero attached hydrogens (tertiary/aromatic N) is 1. The third-order valence-electron chi connectivity index (χ3n) is 6.09. The van der Waals surface area contributed by atoms with Gasteiger partial charge in [-0.15, -0.1) is 0 Å². The molecule has 0 aliphatic carbocycles. The molecule has 0 N–H and O–H groups in total. The zero-order chi connectivity index (χ0) is 22.8. The fourth-order valence-electron chi connectivity index (χ4n) is 4.46. The maximum absolute atomic E-state index is 13.4. The van der Waals surface area contributed by atoms with Crippen LogP contribution in [0.5, 0.6) is 23.0 Å². The predicted octanol–water partition coefficient (Wildman–Crippen LogP) is 4.62. The Kier molecular flexibility index (Phi) is 5.65. The number of benzene rings is 3. The standard InChI is InChI=1S/C27H25NO5/c1-30-23-15-20-12-13-28(26(29)11-9-18-8-10-22-25(14-18)33-17-32-22)27(19-6-4-3-5-7-19)21(20)16-24(23)31-2/h3-11,14-16,27H,12-13,17H2,1-2H3/b11-9-/t27-/m1/s1. The normalized spacial score (nSPS) is 16.5. The molecule has 0 spiro atoms. The number of rotatable bonds is 5. The Morgan fingerprint density at radius 2 is 1.73 bits per heavy atom. The van der Waals surface area contributed by atoms with Gasteiger partial charge in [0, 0.05) is 12.6 Å². The van der Waals surface area contributed by atoms with Crippen molar-refractivity contribution in [3.63, 3.8) is 0 Å². The highest BCUT2D eigenvalue weighted by molar-refractivity contribution is 5.92. The summed E-state index contributed by atoms with van der Waals surface area (Å²) in [6.45, 7) is 0.827. The summed E-state index contributed by atoms with van der Waals surface area (Å²) >= 11 is 0. The second-order valence-electron chi connectivity index (χ2n) is 7.95. The molecule has 0 fully saturated rings. The Balaban J connectivity index is 1.49. The Labute approximate surface area is 193 Å². The maximum Gasteiger partial charge on any atom is 0.247 e. The number of amides is 1. The lowest BCUT2D eigenvalue weighted by Crippen LogP contribution is -2.39. The first-order valence-corrected chi connectivity index (χ1v) is 10.9. The van der Waals surface area contributed by atoms with Crippen molar-refractivity contribution in [3.05, 3.63) is 89.0 Å². The minimum Gasteiger partial charge on any atom is -0.493 e. The molecule has 0 saturated heterocycles. The number of hydrogen-bond donors (Lipinski definition) is 0. The van der Waals surface area contributed by atoms with Gasteiger partial charge in [0.1, 0.15) is 0 Å². The highest BCUT2D eigenvalue weighted by Gasteiger charge is 2.32. The quantitative estimate of drug-likeness (QED) is 0.539. The van der Waals surface area contributed by atoms with Crippen LogP contribution < -0.4 is 18.9 Å². The fourth-order valence-corrected chi connectivity index (χ4v) is 4.46. The summed E-state index contributed by atoms with van der Waals surface area (Å²) in [7, 11) is 3.26. The van der Waals surface area contributed by atoms with Crippen LogP contribution in [0.2, 0.25) is 0 Å². The van der Waals surface area contributed by atoms with E-state index in [0.29, 0.717) is 23.8 Å². The Morgan fingerprint density at radius 1 is 0.970 bits per heavy atom. The summed E-state index contributed by atoms with van der Waals surface area (Å²) in [6, 6.07) is 19.5. The highest BCUT2D eigenvalue weighted by Crippen LogP contribution is 2.41. The van der Waals surface area contributed by atoms with E-state index in [1.165, 1.54) is 0 Å². The Hall–Kier alpha value is -3.93. The largest absolute Gasteiger partial charge is 0.493 e. The molecular weight excluding hydrogens is 418 g/mol. The van der Waals surface area contributed by atoms with Crippen LogP contribution in [0.1, 0.15) is 28.3 Å². The van der Waals surface area contributed by atoms with Crippen LogP contribution in [0.4, 0.5) is 0 Å². The van der Waals surface area contributed by atoms with Gasteiger partial charge in [0.05, 0.1) is 20.3 Å². The van der Waals surface area contributed by atoms with Gasteiger partial charge in [0.25, 0.3) is 0 Å². The van der Waals surface area contributed by atoms with Crippen molar-refractivity contribution in [3.8, 4) is 23.0 Å². The van der Waals surface area contributed by atoms with Gasteiger partial charge in [-0.25, -0.2) is 0 Å². The average Bonchev–Trinajstić information content (AvgIpc) is 3.34. The van der Waals surface area contributed by atoms with Crippen LogP contribution >= 0.6 is 0 Å². The third kappa shape index (κ3) is 4.00. The van der Waals surface area contributed by atoms with E-state index < -0.39 is 0 Å². The number of hydrogen-bond acceptors (Lipinski definition) is 5. The zero-order valence-corrected chi connectivity index (χ0v) is 18.6. The van der Waals surface area contributed by atoms with E-state index >= 15 is 0 Å². The van der Waals surface area contributed by atoms with Crippen molar-refractivity contribution in [1.82, 2.24) is 4.90 Å². The highest BCUT2D eigenvalue weighted by atomic mass is 16.7. The van der Waals surface area contributed by atoms with Gasteiger partial charge in [-0.1, -0.05) is 36.4 Å². The first-order chi connectivity index (χ1) is 16.2. The van der Waals surface area contributed by atoms with Crippen LogP contribution in [-0.2, 0) is 11.2 Å². The van der Waals surface area contributed by atoms with Gasteiger partial charge in [-0.05, 0) is 59.0 Å². The molecule has 168 valence electrons. The van der Waals surface area contributed by atoms with Crippen LogP contribution in [-0.4, -0.2) is 38.4 Å². The molecule has 0 unspecified atom stereocenters. The first kappa shape index (κ1) is 20.9. The van der Waals surface area contributed by atoms with E-state index in [1.807, 2.05) is 59.5 Å². The Bertz CT molecular complexity index is 1200. The number of fused-ring (bicyclic) bond motifs is 2. The molecule has 0 radical (unpaired) electrons. The van der Waals surface area contributed by atoms with Crippen molar-refractivity contribution >= 4 is 12.0 Å². The van der Waals surface area contributed by atoms with E-state index in [4.69, 9.17) is 18.9 Å². The minimum atomic E-state index is -0.219. The van der Waals surface area contributed by atoms with E-state index in [0.717, 1.165) is 34.4 Å². The SMILES string of the molecule is COc1cc2c(cc1OC)[C@@H](c1ccccc1)N(C(=O)/C=C\c1ccc3c(c1)OCO3)CC2. The predicted molar refractivity (Wildman–Crippen MR) is 125 cm³/mol. The molecule has 6 nitrogen and oxygen atoms in total. The summed E-state index contributed by atoms with van der Waals surface area (Å²) in [5, 5.41) is 0. The van der Waals surface area contributed by atoms with Crippen molar-refractivity contribution in [1.29, 1.82) is 0 Å². The monoisotopic (exact) mass is 443 g/mol. The van der Waals surface area contributed by atoms with Crippen molar-refractivity contribution in [2.45, 2.75) is 12.5 Å². The number of methoxy groups -OCH3 is 2. The zero-order valence-electron chi connectivity index (χ0n) is 18.6. The minimum absolute atomic E-state index is 0.0537. The topological polar surface area (TPSA) is 57.2 Å². The van der Waals surface area contributed by atoms with Crippen LogP contribution in [0, 0.1) is 0 Å². The lowest BCUT2D eigenvalue weighted by molar-refractivity contribution is -0.127. The first-order valence-electron chi connectivity index (χ1n) is 10.9. The summed E-state index contributed by atoms with van der Waals surface area (Å²) in [5.74, 6) is 2.72. The van der Waals surface area contributed by atoms with Crippen molar-refractivity contribution in [2.24, 2.45) is 0 Å². The molecule has 0 aromatic heterocycles. The van der Waals surface area contributed by atoms with Gasteiger partial charge in [0.2, 0.25) is 12.7 Å². The van der Waals surface area contributed by atoms with Gasteiger partial charge in [-0.2, -0.15) is 0 Å². The molecule has 2 aliphatic rings. The van der Waals surface area contributed by atoms with Crippen molar-refractivity contribution < 1.29 is 23.7 Å². The second kappa shape index (κ2) is 8.90. The molecule has 0 bridgehead atoms. The van der Waals surface area contributed by atoms with Crippen molar-refractivity contribution in [2.75, 3.05) is 27.6 Å². The van der Waals surface area contributed by atoms with Crippen LogP contribution in [0.3, 0.4) is 0 Å². The second-order valence-corrected chi connectivity index (χ2v) is 7.95. The molecular formula is C27H25NO5. The summed E-state index contributed by atoms with van der Waals surface area (Å²) in [4.78, 5) is 15.3. The molecule has 2 heterocycles. The molecule has 3 aromatic rings. The summed E-state index contributed by atoms with van der Waals surface area (Å²) < 4.78 is 21.9. The number of carbonyl (C=O) groups excluding carboxylic acids is 1. The molecule has 1 atom stereocenters. The molecule has 3 aromatic carbocycles. The summed E-state index contributed by atoms with van der Waals surface area (Å²) in [6.07, 6.45) is 4.18. The average molecular weight is 443 g/mol. The molecule has 1 amide bonds. The van der Waals surface area contributed by atoms with E-state index in [1.54, 1.807) is 20.3 Å². The third-order valence-corrected chi connectivity index (χ3v) is 6.09. The van der Waals surface area contributed by atoms with Gasteiger partial charge < -0.3 is 23.8 Å². The van der Waals surface area contributed by atoms with E-state index in [2.05, 4.69) is 12.1 Å². The number of carbonyl (C=O) groups is 1. The lowest BCUT2D eigenvalue weighted by atomic mass is 9.87. The van der Waals surface area contributed by atoms with Crippen LogP contribution in [0.25, 0.3) is 6.08 Å². The molecule has 2 aliphatic heterocycles. The maximum atomic E-state index is 13.4. The van der Waals surface area contributed by atoms with E-state index in [-0.39, 0.29) is 18.7 Å². The van der Waals surface area contributed by atoms with Gasteiger partial charge >= 0.3 is 0 Å². The summed E-state index contributed by atoms with van der Waals surface area (Å²) in [5.41, 5.74) is 4.14. The van der Waals surface area contributed by atoms with Gasteiger partial charge in [-0.3, -0.25) is 4.79 Å². The van der Waals surface area contributed by atoms with Crippen LogP contribution in [0.15, 0.2) is 66.7 Å². The fraction of sp³-hybridized carbons (Fsp3) is 0.222. The molecule has 5 rings (SSSR count). The molecule has 33 heavy (non-hydrogen) atoms. The lowest BCUT2D eigenvalue weighted by Gasteiger charge is -2.37. The Morgan fingerprint density at radius 3 is 2.52 bits per heavy atom. The molecule has 0 saturated carbocycles. The molecule has 6 heteroatoms. The van der Waals surface area contributed by atoms with E-state index in [9.17, 15) is 4.79 Å².